The maximum absolute atomic E-state index is 12.2. The van der Waals surface area contributed by atoms with Crippen LogP contribution in [0.3, 0.4) is 0 Å². The van der Waals surface area contributed by atoms with Crippen molar-refractivity contribution in [2.24, 2.45) is 0 Å². The number of carbonyl (C=O) groups is 1. The van der Waals surface area contributed by atoms with Crippen LogP contribution >= 0.6 is 11.6 Å². The summed E-state index contributed by atoms with van der Waals surface area (Å²) >= 11 is 5.85. The topological polar surface area (TPSA) is 20.3 Å². The predicted molar refractivity (Wildman–Crippen MR) is 101 cm³/mol. The van der Waals surface area contributed by atoms with E-state index in [2.05, 4.69) is 44.0 Å². The maximum atomic E-state index is 12.2. The predicted octanol–water partition coefficient (Wildman–Crippen LogP) is 5.39. The molecule has 0 aromatic heterocycles. The van der Waals surface area contributed by atoms with Crippen molar-refractivity contribution >= 4 is 23.1 Å². The number of benzene rings is 2. The molecule has 3 heteroatoms. The van der Waals surface area contributed by atoms with Crippen molar-refractivity contribution < 1.29 is 4.79 Å². The second kappa shape index (κ2) is 6.29. The molecule has 0 aliphatic carbocycles. The van der Waals surface area contributed by atoms with Gasteiger partial charge in [-0.05, 0) is 48.0 Å². The number of carbonyl (C=O) groups excluding carboxylic acids is 1. The van der Waals surface area contributed by atoms with Gasteiger partial charge in [-0.25, -0.2) is 0 Å². The molecule has 2 aromatic carbocycles. The summed E-state index contributed by atoms with van der Waals surface area (Å²) in [4.78, 5) is 14.4. The fourth-order valence-electron chi connectivity index (χ4n) is 3.24. The van der Waals surface area contributed by atoms with Gasteiger partial charge in [-0.3, -0.25) is 4.79 Å². The zero-order valence-electron chi connectivity index (χ0n) is 14.1. The fourth-order valence-corrected chi connectivity index (χ4v) is 3.36. The molecule has 2 nitrogen and oxygen atoms in total. The number of hydrogen-bond acceptors (Lipinski definition) is 2. The normalized spacial score (nSPS) is 17.5. The van der Waals surface area contributed by atoms with Crippen molar-refractivity contribution in [3.8, 4) is 0 Å². The van der Waals surface area contributed by atoms with E-state index >= 15 is 0 Å². The summed E-state index contributed by atoms with van der Waals surface area (Å²) in [6.45, 7) is 4.41. The first-order valence-corrected chi connectivity index (χ1v) is 8.31. The van der Waals surface area contributed by atoms with Crippen molar-refractivity contribution in [3.05, 3.63) is 88.6 Å². The van der Waals surface area contributed by atoms with Crippen LogP contribution in [0.4, 0.5) is 5.69 Å². The highest BCUT2D eigenvalue weighted by atomic mass is 35.5. The minimum Gasteiger partial charge on any atom is -0.347 e. The Bertz CT molecular complexity index is 831. The summed E-state index contributed by atoms with van der Waals surface area (Å²) in [5.74, 6) is -0.0283. The smallest absolute Gasteiger partial charge is 0.185 e. The molecule has 1 heterocycles. The Morgan fingerprint density at radius 2 is 1.75 bits per heavy atom. The van der Waals surface area contributed by atoms with Crippen LogP contribution in [-0.4, -0.2) is 12.8 Å². The van der Waals surface area contributed by atoms with E-state index in [1.807, 2.05) is 18.2 Å². The van der Waals surface area contributed by atoms with E-state index in [1.165, 1.54) is 16.9 Å². The lowest BCUT2D eigenvalue weighted by atomic mass is 9.84. The number of allylic oxidation sites excluding steroid dienone is 4. The molecular formula is C21H20ClNO. The number of rotatable bonds is 3. The molecule has 0 N–H and O–H groups in total. The third kappa shape index (κ3) is 2.90. The van der Waals surface area contributed by atoms with E-state index in [0.29, 0.717) is 10.6 Å². The molecule has 0 bridgehead atoms. The SMILES string of the molecule is CN1/C(=C/C=C/C(=O)c2ccc(Cl)cc2)C(C)(C)c2ccccc21. The molecule has 2 aromatic rings. The molecule has 0 spiro atoms. The van der Waals surface area contributed by atoms with Crippen molar-refractivity contribution in [2.45, 2.75) is 19.3 Å². The van der Waals surface area contributed by atoms with E-state index in [-0.39, 0.29) is 11.2 Å². The molecule has 0 amide bonds. The Morgan fingerprint density at radius 3 is 2.42 bits per heavy atom. The third-order valence-corrected chi connectivity index (χ3v) is 4.82. The molecule has 122 valence electrons. The summed E-state index contributed by atoms with van der Waals surface area (Å²) in [7, 11) is 2.06. The van der Waals surface area contributed by atoms with E-state index in [9.17, 15) is 4.79 Å². The molecule has 1 aliphatic heterocycles. The van der Waals surface area contributed by atoms with E-state index in [0.717, 1.165) is 0 Å². The van der Waals surface area contributed by atoms with Crippen LogP contribution in [0.15, 0.2) is 72.5 Å². The van der Waals surface area contributed by atoms with Crippen molar-refractivity contribution in [1.82, 2.24) is 0 Å². The highest BCUT2D eigenvalue weighted by Gasteiger charge is 2.37. The van der Waals surface area contributed by atoms with E-state index in [4.69, 9.17) is 11.6 Å². The summed E-state index contributed by atoms with van der Waals surface area (Å²) in [6, 6.07) is 15.3. The van der Waals surface area contributed by atoms with E-state index < -0.39 is 0 Å². The second-order valence-electron chi connectivity index (χ2n) is 6.48. The lowest BCUT2D eigenvalue weighted by Gasteiger charge is -2.23. The average Bonchev–Trinajstić information content (AvgIpc) is 2.76. The Morgan fingerprint density at radius 1 is 1.08 bits per heavy atom. The summed E-state index contributed by atoms with van der Waals surface area (Å²) in [6.07, 6.45) is 5.45. The molecule has 0 unspecified atom stereocenters. The average molecular weight is 338 g/mol. The highest BCUT2D eigenvalue weighted by molar-refractivity contribution is 6.30. The first kappa shape index (κ1) is 16.5. The van der Waals surface area contributed by atoms with Crippen LogP contribution in [0, 0.1) is 0 Å². The zero-order chi connectivity index (χ0) is 17.3. The molecule has 0 fully saturated rings. The van der Waals surface area contributed by atoms with Crippen LogP contribution in [0.25, 0.3) is 0 Å². The molecule has 0 atom stereocenters. The third-order valence-electron chi connectivity index (χ3n) is 4.57. The van der Waals surface area contributed by atoms with Gasteiger partial charge in [0, 0.05) is 34.4 Å². The minimum atomic E-state index is -0.0843. The van der Waals surface area contributed by atoms with Gasteiger partial charge >= 0.3 is 0 Å². The lowest BCUT2D eigenvalue weighted by Crippen LogP contribution is -2.22. The lowest BCUT2D eigenvalue weighted by molar-refractivity contribution is 0.104. The molecule has 3 rings (SSSR count). The van der Waals surface area contributed by atoms with Gasteiger partial charge in [0.05, 0.1) is 0 Å². The number of anilines is 1. The van der Waals surface area contributed by atoms with Gasteiger partial charge in [0.15, 0.2) is 5.78 Å². The van der Waals surface area contributed by atoms with Gasteiger partial charge in [0.1, 0.15) is 0 Å². The Hall–Kier alpha value is -2.32. The molecule has 0 radical (unpaired) electrons. The van der Waals surface area contributed by atoms with E-state index in [1.54, 1.807) is 30.3 Å². The van der Waals surface area contributed by atoms with Crippen LogP contribution in [0.2, 0.25) is 5.02 Å². The number of likely N-dealkylation sites (N-methyl/N-ethyl adjacent to an activating group) is 1. The van der Waals surface area contributed by atoms with Crippen LogP contribution < -0.4 is 4.90 Å². The second-order valence-corrected chi connectivity index (χ2v) is 6.92. The van der Waals surface area contributed by atoms with Gasteiger partial charge in [-0.2, -0.15) is 0 Å². The fraction of sp³-hybridized carbons (Fsp3) is 0.190. The number of para-hydroxylation sites is 1. The monoisotopic (exact) mass is 337 g/mol. The van der Waals surface area contributed by atoms with Gasteiger partial charge in [0.25, 0.3) is 0 Å². The van der Waals surface area contributed by atoms with Gasteiger partial charge in [-0.15, -0.1) is 0 Å². The zero-order valence-corrected chi connectivity index (χ0v) is 14.8. The van der Waals surface area contributed by atoms with Gasteiger partial charge in [0.2, 0.25) is 0 Å². The maximum Gasteiger partial charge on any atom is 0.185 e. The summed E-state index contributed by atoms with van der Waals surface area (Å²) in [5, 5.41) is 0.629. The quantitative estimate of drug-likeness (QED) is 0.552. The van der Waals surface area contributed by atoms with Crippen molar-refractivity contribution in [2.75, 3.05) is 11.9 Å². The largest absolute Gasteiger partial charge is 0.347 e. The number of fused-ring (bicyclic) bond motifs is 1. The molecule has 0 saturated heterocycles. The molecule has 0 saturated carbocycles. The van der Waals surface area contributed by atoms with Gasteiger partial charge in [-0.1, -0.05) is 49.7 Å². The first-order valence-electron chi connectivity index (χ1n) is 7.93. The Balaban J connectivity index is 1.84. The number of halogens is 1. The standard InChI is InChI=1S/C21H20ClNO/c1-21(2)17-7-4-5-8-18(17)23(3)20(21)10-6-9-19(24)15-11-13-16(22)14-12-15/h4-14H,1-3H3/b9-6+,20-10+. The Kier molecular flexibility index (Phi) is 4.33. The summed E-state index contributed by atoms with van der Waals surface area (Å²) < 4.78 is 0. The minimum absolute atomic E-state index is 0.0283. The molecular weight excluding hydrogens is 318 g/mol. The van der Waals surface area contributed by atoms with Crippen molar-refractivity contribution in [3.63, 3.8) is 0 Å². The Labute approximate surface area is 148 Å². The number of ketones is 1. The van der Waals surface area contributed by atoms with Crippen molar-refractivity contribution in [1.29, 1.82) is 0 Å². The van der Waals surface area contributed by atoms with Crippen LogP contribution in [0.5, 0.6) is 0 Å². The molecule has 1 aliphatic rings. The number of nitrogens with zero attached hydrogens (tertiary/aromatic N) is 1. The summed E-state index contributed by atoms with van der Waals surface area (Å²) in [5.41, 5.74) is 4.24. The van der Waals surface area contributed by atoms with Crippen LogP contribution in [0.1, 0.15) is 29.8 Å². The first-order chi connectivity index (χ1) is 11.4. The highest BCUT2D eigenvalue weighted by Crippen LogP contribution is 2.46. The van der Waals surface area contributed by atoms with Gasteiger partial charge < -0.3 is 4.90 Å². The molecule has 24 heavy (non-hydrogen) atoms. The number of hydrogen-bond donors (Lipinski definition) is 0. The van der Waals surface area contributed by atoms with Crippen LogP contribution in [-0.2, 0) is 5.41 Å².